The molecule has 1 atom stereocenters. The molecule has 1 aliphatic heterocycles. The Morgan fingerprint density at radius 3 is 2.55 bits per heavy atom. The quantitative estimate of drug-likeness (QED) is 0.542. The van der Waals surface area contributed by atoms with E-state index in [4.69, 9.17) is 14.2 Å². The van der Waals surface area contributed by atoms with E-state index < -0.39 is 0 Å². The molecule has 0 N–H and O–H groups in total. The first-order valence-corrected chi connectivity index (χ1v) is 10.1. The normalized spacial score (nSPS) is 15.9. The first-order chi connectivity index (χ1) is 15.1. The number of nitrogens with zero attached hydrogens (tertiary/aromatic N) is 4. The summed E-state index contributed by atoms with van der Waals surface area (Å²) in [6.07, 6.45) is 2.85. The average Bonchev–Trinajstić information content (AvgIpc) is 3.28. The van der Waals surface area contributed by atoms with Crippen LogP contribution in [0.5, 0.6) is 11.5 Å². The maximum atomic E-state index is 12.2. The summed E-state index contributed by atoms with van der Waals surface area (Å²) < 4.78 is 15.9. The molecule has 31 heavy (non-hydrogen) atoms. The highest BCUT2D eigenvalue weighted by Gasteiger charge is 2.31. The number of aromatic nitrogens is 3. The number of rotatable bonds is 7. The molecule has 0 fully saturated rings. The van der Waals surface area contributed by atoms with Crippen molar-refractivity contribution >= 4 is 5.97 Å². The van der Waals surface area contributed by atoms with E-state index in [1.165, 1.54) is 7.11 Å². The molecule has 0 unspecified atom stereocenters. The molecule has 0 radical (unpaired) electrons. The van der Waals surface area contributed by atoms with E-state index >= 15 is 0 Å². The summed E-state index contributed by atoms with van der Waals surface area (Å²) in [4.78, 5) is 16.1. The fourth-order valence-corrected chi connectivity index (χ4v) is 4.01. The molecule has 0 amide bonds. The second kappa shape index (κ2) is 9.18. The molecule has 8 heteroatoms. The summed E-state index contributed by atoms with van der Waals surface area (Å²) in [5, 5.41) is 9.03. The number of ether oxygens (including phenoxy) is 3. The number of carbonyl (C=O) groups is 1. The molecule has 1 aromatic heterocycles. The molecule has 0 bridgehead atoms. The number of fused-ring (bicyclic) bond motifs is 1. The number of carbonyl (C=O) groups excluding carboxylic acids is 1. The third-order valence-electron chi connectivity index (χ3n) is 5.59. The fourth-order valence-electron chi connectivity index (χ4n) is 4.01. The van der Waals surface area contributed by atoms with Crippen molar-refractivity contribution in [3.05, 3.63) is 65.5 Å². The van der Waals surface area contributed by atoms with Crippen LogP contribution in [0.3, 0.4) is 0 Å². The highest BCUT2D eigenvalue weighted by Crippen LogP contribution is 2.40. The predicted molar refractivity (Wildman–Crippen MR) is 114 cm³/mol. The van der Waals surface area contributed by atoms with Gasteiger partial charge < -0.3 is 14.2 Å². The highest BCUT2D eigenvalue weighted by molar-refractivity contribution is 5.70. The van der Waals surface area contributed by atoms with Crippen LogP contribution in [0.25, 0.3) is 5.69 Å². The molecule has 2 heterocycles. The lowest BCUT2D eigenvalue weighted by Crippen LogP contribution is -2.36. The van der Waals surface area contributed by atoms with Crippen LogP contribution in [-0.2, 0) is 22.5 Å². The van der Waals surface area contributed by atoms with Crippen LogP contribution < -0.4 is 9.47 Å². The van der Waals surface area contributed by atoms with Crippen molar-refractivity contribution < 1.29 is 19.0 Å². The van der Waals surface area contributed by atoms with Gasteiger partial charge in [-0.2, -0.15) is 15.0 Å². The van der Waals surface area contributed by atoms with Gasteiger partial charge in [-0.3, -0.25) is 9.69 Å². The molecule has 3 aromatic rings. The SMILES string of the molecule is COC(=O)C[C@@H]1c2cc(OC)c(OC)cc2CCN1Cc1cnn(-c2ccccc2)n1. The van der Waals surface area contributed by atoms with Crippen molar-refractivity contribution in [2.24, 2.45) is 0 Å². The minimum Gasteiger partial charge on any atom is -0.493 e. The van der Waals surface area contributed by atoms with E-state index in [0.29, 0.717) is 18.0 Å². The lowest BCUT2D eigenvalue weighted by molar-refractivity contribution is -0.142. The Labute approximate surface area is 181 Å². The number of benzene rings is 2. The monoisotopic (exact) mass is 422 g/mol. The maximum Gasteiger partial charge on any atom is 0.307 e. The van der Waals surface area contributed by atoms with Gasteiger partial charge in [0.2, 0.25) is 0 Å². The largest absolute Gasteiger partial charge is 0.493 e. The van der Waals surface area contributed by atoms with Crippen LogP contribution in [0.1, 0.15) is 29.3 Å². The molecule has 0 saturated heterocycles. The Morgan fingerprint density at radius 2 is 1.84 bits per heavy atom. The summed E-state index contributed by atoms with van der Waals surface area (Å²) in [6.45, 7) is 1.35. The molecular formula is C23H26N4O4. The van der Waals surface area contributed by atoms with Crippen LogP contribution in [0.4, 0.5) is 0 Å². The first-order valence-electron chi connectivity index (χ1n) is 10.1. The number of hydrogen-bond donors (Lipinski definition) is 0. The van der Waals surface area contributed by atoms with E-state index in [-0.39, 0.29) is 18.4 Å². The lowest BCUT2D eigenvalue weighted by Gasteiger charge is -2.36. The molecule has 162 valence electrons. The zero-order valence-electron chi connectivity index (χ0n) is 17.9. The molecule has 2 aromatic carbocycles. The molecular weight excluding hydrogens is 396 g/mol. The van der Waals surface area contributed by atoms with Crippen molar-refractivity contribution in [3.63, 3.8) is 0 Å². The summed E-state index contributed by atoms with van der Waals surface area (Å²) in [5.41, 5.74) is 3.93. The Kier molecular flexibility index (Phi) is 6.18. The van der Waals surface area contributed by atoms with E-state index in [9.17, 15) is 4.79 Å². The van der Waals surface area contributed by atoms with Crippen molar-refractivity contribution in [3.8, 4) is 17.2 Å². The topological polar surface area (TPSA) is 78.7 Å². The van der Waals surface area contributed by atoms with Gasteiger partial charge in [0.1, 0.15) is 0 Å². The van der Waals surface area contributed by atoms with Crippen LogP contribution in [-0.4, -0.2) is 53.7 Å². The molecule has 0 aliphatic carbocycles. The zero-order valence-corrected chi connectivity index (χ0v) is 17.9. The van der Waals surface area contributed by atoms with Crippen molar-refractivity contribution in [2.75, 3.05) is 27.9 Å². The van der Waals surface area contributed by atoms with Gasteiger partial charge in [-0.1, -0.05) is 18.2 Å². The Hall–Kier alpha value is -3.39. The number of methoxy groups -OCH3 is 3. The third-order valence-corrected chi connectivity index (χ3v) is 5.59. The smallest absolute Gasteiger partial charge is 0.307 e. The Balaban J connectivity index is 1.63. The van der Waals surface area contributed by atoms with Gasteiger partial charge in [0.05, 0.1) is 45.3 Å². The minimum absolute atomic E-state index is 0.155. The molecule has 8 nitrogen and oxygen atoms in total. The average molecular weight is 422 g/mol. The van der Waals surface area contributed by atoms with Crippen LogP contribution in [0.15, 0.2) is 48.7 Å². The van der Waals surface area contributed by atoms with E-state index in [0.717, 1.165) is 35.5 Å². The van der Waals surface area contributed by atoms with Crippen molar-refractivity contribution in [1.82, 2.24) is 19.9 Å². The zero-order chi connectivity index (χ0) is 21.8. The van der Waals surface area contributed by atoms with Gasteiger partial charge in [0.25, 0.3) is 0 Å². The third kappa shape index (κ3) is 4.39. The summed E-state index contributed by atoms with van der Waals surface area (Å²) >= 11 is 0. The van der Waals surface area contributed by atoms with E-state index in [2.05, 4.69) is 15.1 Å². The van der Waals surface area contributed by atoms with E-state index in [1.807, 2.05) is 42.5 Å². The molecule has 1 aliphatic rings. The minimum atomic E-state index is -0.259. The summed E-state index contributed by atoms with van der Waals surface area (Å²) in [5.74, 6) is 1.08. The number of esters is 1. The van der Waals surface area contributed by atoms with Gasteiger partial charge in [-0.15, -0.1) is 0 Å². The fraction of sp³-hybridized carbons (Fsp3) is 0.348. The maximum absolute atomic E-state index is 12.2. The van der Waals surface area contributed by atoms with Crippen LogP contribution in [0.2, 0.25) is 0 Å². The number of para-hydroxylation sites is 1. The van der Waals surface area contributed by atoms with Gasteiger partial charge in [0, 0.05) is 19.1 Å². The van der Waals surface area contributed by atoms with Crippen LogP contribution in [0, 0.1) is 0 Å². The molecule has 4 rings (SSSR count). The van der Waals surface area contributed by atoms with Gasteiger partial charge in [0.15, 0.2) is 11.5 Å². The lowest BCUT2D eigenvalue weighted by atomic mass is 9.90. The Bertz CT molecular complexity index is 1050. The molecule has 0 spiro atoms. The summed E-state index contributed by atoms with van der Waals surface area (Å²) in [6, 6.07) is 13.6. The van der Waals surface area contributed by atoms with Crippen molar-refractivity contribution in [2.45, 2.75) is 25.4 Å². The first kappa shape index (κ1) is 20.9. The number of hydrogen-bond acceptors (Lipinski definition) is 7. The van der Waals surface area contributed by atoms with Crippen molar-refractivity contribution in [1.29, 1.82) is 0 Å². The van der Waals surface area contributed by atoms with Crippen LogP contribution >= 0.6 is 0 Å². The second-order valence-corrected chi connectivity index (χ2v) is 7.38. The summed E-state index contributed by atoms with van der Waals surface area (Å²) in [7, 11) is 4.65. The van der Waals surface area contributed by atoms with E-state index in [1.54, 1.807) is 25.2 Å². The standard InChI is InChI=1S/C23H26N4O4/c1-29-21-11-16-9-10-26(20(13-23(28)31-3)19(16)12-22(21)30-2)15-17-14-24-27(25-17)18-7-5-4-6-8-18/h4-8,11-12,14,20H,9-10,13,15H2,1-3H3/t20-/m1/s1. The van der Waals surface area contributed by atoms with Gasteiger partial charge in [-0.05, 0) is 41.8 Å². The molecule has 0 saturated carbocycles. The predicted octanol–water partition coefficient (Wildman–Crippen LogP) is 2.95. The van der Waals surface area contributed by atoms with Gasteiger partial charge >= 0.3 is 5.97 Å². The van der Waals surface area contributed by atoms with Gasteiger partial charge in [-0.25, -0.2) is 0 Å². The second-order valence-electron chi connectivity index (χ2n) is 7.38. The highest BCUT2D eigenvalue weighted by atomic mass is 16.5. The Morgan fingerprint density at radius 1 is 1.10 bits per heavy atom.